The summed E-state index contributed by atoms with van der Waals surface area (Å²) in [6.07, 6.45) is 2.84. The van der Waals surface area contributed by atoms with E-state index >= 15 is 0 Å². The Labute approximate surface area is 69.4 Å². The third kappa shape index (κ3) is 5.64. The van der Waals surface area contributed by atoms with Crippen LogP contribution < -0.4 is 5.32 Å². The minimum Gasteiger partial charge on any atom is -0.368 e. The molecule has 0 spiro atoms. The van der Waals surface area contributed by atoms with Crippen molar-refractivity contribution in [1.29, 1.82) is 0 Å². The van der Waals surface area contributed by atoms with Crippen molar-refractivity contribution in [2.75, 3.05) is 6.54 Å². The van der Waals surface area contributed by atoms with Gasteiger partial charge >= 0.3 is 0 Å². The first kappa shape index (κ1) is 10.2. The van der Waals surface area contributed by atoms with Crippen molar-refractivity contribution < 1.29 is 0 Å². The van der Waals surface area contributed by atoms with Gasteiger partial charge in [0.1, 0.15) is 5.84 Å². The number of aliphatic imine (C=N–C) groups is 1. The van der Waals surface area contributed by atoms with Crippen LogP contribution in [-0.2, 0) is 0 Å². The van der Waals surface area contributed by atoms with Gasteiger partial charge in [-0.3, -0.25) is 4.99 Å². The highest BCUT2D eigenvalue weighted by Crippen LogP contribution is 1.84. The predicted molar refractivity (Wildman–Crippen MR) is 51.1 cm³/mol. The zero-order chi connectivity index (χ0) is 8.69. The van der Waals surface area contributed by atoms with Gasteiger partial charge in [0.2, 0.25) is 0 Å². The SMILES string of the molecule is C=CC(=NCCC)NC(C)C. The molecular weight excluding hydrogens is 136 g/mol. The molecule has 0 rings (SSSR count). The molecule has 2 nitrogen and oxygen atoms in total. The van der Waals surface area contributed by atoms with Crippen LogP contribution in [0.2, 0.25) is 0 Å². The summed E-state index contributed by atoms with van der Waals surface area (Å²) >= 11 is 0. The van der Waals surface area contributed by atoms with Crippen molar-refractivity contribution in [3.63, 3.8) is 0 Å². The molecule has 2 heteroatoms. The second-order valence-corrected chi connectivity index (χ2v) is 2.77. The topological polar surface area (TPSA) is 24.4 Å². The highest BCUT2D eigenvalue weighted by molar-refractivity contribution is 5.92. The smallest absolute Gasteiger partial charge is 0.120 e. The molecule has 0 unspecified atom stereocenters. The summed E-state index contributed by atoms with van der Waals surface area (Å²) in [7, 11) is 0. The van der Waals surface area contributed by atoms with Crippen LogP contribution >= 0.6 is 0 Å². The fraction of sp³-hybridized carbons (Fsp3) is 0.667. The summed E-state index contributed by atoms with van der Waals surface area (Å²) in [5.41, 5.74) is 0. The first-order chi connectivity index (χ1) is 5.20. The van der Waals surface area contributed by atoms with E-state index in [-0.39, 0.29) is 0 Å². The van der Waals surface area contributed by atoms with Gasteiger partial charge in [-0.2, -0.15) is 0 Å². The van der Waals surface area contributed by atoms with Crippen LogP contribution in [0.4, 0.5) is 0 Å². The first-order valence-corrected chi connectivity index (χ1v) is 4.14. The van der Waals surface area contributed by atoms with E-state index in [0.717, 1.165) is 18.8 Å². The molecule has 0 aromatic rings. The molecule has 0 aromatic heterocycles. The summed E-state index contributed by atoms with van der Waals surface area (Å²) in [6, 6.07) is 0.434. The Bertz CT molecular complexity index is 136. The summed E-state index contributed by atoms with van der Waals surface area (Å²) in [4.78, 5) is 4.29. The van der Waals surface area contributed by atoms with E-state index in [1.807, 2.05) is 0 Å². The lowest BCUT2D eigenvalue weighted by Crippen LogP contribution is -2.28. The quantitative estimate of drug-likeness (QED) is 0.486. The summed E-state index contributed by atoms with van der Waals surface area (Å²) in [5.74, 6) is 0.904. The molecule has 0 aliphatic heterocycles. The Balaban J connectivity index is 3.83. The van der Waals surface area contributed by atoms with Crippen LogP contribution in [-0.4, -0.2) is 18.4 Å². The van der Waals surface area contributed by atoms with Crippen molar-refractivity contribution in [1.82, 2.24) is 5.32 Å². The van der Waals surface area contributed by atoms with Crippen molar-refractivity contribution in [2.45, 2.75) is 33.2 Å². The summed E-state index contributed by atoms with van der Waals surface area (Å²) in [6.45, 7) is 10.8. The van der Waals surface area contributed by atoms with Crippen molar-refractivity contribution >= 4 is 5.84 Å². The lowest BCUT2D eigenvalue weighted by Gasteiger charge is -2.08. The molecule has 0 aliphatic carbocycles. The number of nitrogens with one attached hydrogen (secondary N) is 1. The van der Waals surface area contributed by atoms with Crippen molar-refractivity contribution in [2.24, 2.45) is 4.99 Å². The number of amidine groups is 1. The second kappa shape index (κ2) is 5.96. The summed E-state index contributed by atoms with van der Waals surface area (Å²) in [5, 5.41) is 3.20. The average molecular weight is 154 g/mol. The molecule has 0 aromatic carbocycles. The normalized spacial score (nSPS) is 11.8. The van der Waals surface area contributed by atoms with Gasteiger partial charge in [-0.05, 0) is 26.3 Å². The lowest BCUT2D eigenvalue weighted by molar-refractivity contribution is 0.730. The molecule has 0 bridgehead atoms. The van der Waals surface area contributed by atoms with Gasteiger partial charge in [0, 0.05) is 12.6 Å². The Kier molecular flexibility index (Phi) is 5.53. The third-order valence-electron chi connectivity index (χ3n) is 1.14. The highest BCUT2D eigenvalue weighted by Gasteiger charge is 1.93. The van der Waals surface area contributed by atoms with E-state index in [4.69, 9.17) is 0 Å². The third-order valence-corrected chi connectivity index (χ3v) is 1.14. The van der Waals surface area contributed by atoms with E-state index in [1.165, 1.54) is 0 Å². The van der Waals surface area contributed by atoms with Crippen LogP contribution in [0, 0.1) is 0 Å². The van der Waals surface area contributed by atoms with Crippen LogP contribution in [0.5, 0.6) is 0 Å². The standard InChI is InChI=1S/C9H18N2/c1-5-7-10-9(6-2)11-8(3)4/h6,8H,2,5,7H2,1,3-4H3,(H,10,11). The number of hydrogen-bond acceptors (Lipinski definition) is 1. The molecule has 0 radical (unpaired) electrons. The Morgan fingerprint density at radius 3 is 2.64 bits per heavy atom. The maximum absolute atomic E-state index is 4.29. The van der Waals surface area contributed by atoms with Gasteiger partial charge in [0.15, 0.2) is 0 Å². The van der Waals surface area contributed by atoms with Crippen LogP contribution in [0.25, 0.3) is 0 Å². The molecule has 0 fully saturated rings. The second-order valence-electron chi connectivity index (χ2n) is 2.77. The van der Waals surface area contributed by atoms with E-state index in [1.54, 1.807) is 6.08 Å². The minimum atomic E-state index is 0.434. The molecule has 11 heavy (non-hydrogen) atoms. The molecule has 0 saturated carbocycles. The minimum absolute atomic E-state index is 0.434. The monoisotopic (exact) mass is 154 g/mol. The molecule has 0 atom stereocenters. The Hall–Kier alpha value is -0.790. The van der Waals surface area contributed by atoms with Crippen LogP contribution in [0.15, 0.2) is 17.6 Å². The lowest BCUT2D eigenvalue weighted by atomic mass is 10.4. The highest BCUT2D eigenvalue weighted by atomic mass is 15.0. The zero-order valence-electron chi connectivity index (χ0n) is 7.72. The maximum Gasteiger partial charge on any atom is 0.120 e. The van der Waals surface area contributed by atoms with Gasteiger partial charge in [0.05, 0.1) is 0 Å². The molecule has 0 aliphatic rings. The van der Waals surface area contributed by atoms with Crippen molar-refractivity contribution in [3.8, 4) is 0 Å². The van der Waals surface area contributed by atoms with Gasteiger partial charge < -0.3 is 5.32 Å². The molecule has 1 N–H and O–H groups in total. The molecule has 0 saturated heterocycles. The van der Waals surface area contributed by atoms with Crippen LogP contribution in [0.1, 0.15) is 27.2 Å². The van der Waals surface area contributed by atoms with Crippen molar-refractivity contribution in [3.05, 3.63) is 12.7 Å². The first-order valence-electron chi connectivity index (χ1n) is 4.14. The van der Waals surface area contributed by atoms with E-state index < -0.39 is 0 Å². The fourth-order valence-corrected chi connectivity index (χ4v) is 0.697. The Morgan fingerprint density at radius 1 is 1.64 bits per heavy atom. The van der Waals surface area contributed by atoms with Gasteiger partial charge in [0.25, 0.3) is 0 Å². The number of nitrogens with zero attached hydrogens (tertiary/aromatic N) is 1. The average Bonchev–Trinajstić information content (AvgIpc) is 1.97. The van der Waals surface area contributed by atoms with Gasteiger partial charge in [-0.25, -0.2) is 0 Å². The molecule has 0 amide bonds. The maximum atomic E-state index is 4.29. The van der Waals surface area contributed by atoms with Gasteiger partial charge in [-0.1, -0.05) is 13.5 Å². The van der Waals surface area contributed by atoms with Crippen LogP contribution in [0.3, 0.4) is 0 Å². The van der Waals surface area contributed by atoms with Gasteiger partial charge in [-0.15, -0.1) is 0 Å². The Morgan fingerprint density at radius 2 is 2.27 bits per heavy atom. The zero-order valence-corrected chi connectivity index (χ0v) is 7.72. The van der Waals surface area contributed by atoms with E-state index in [0.29, 0.717) is 6.04 Å². The fourth-order valence-electron chi connectivity index (χ4n) is 0.697. The molecular formula is C9H18N2. The van der Waals surface area contributed by atoms with E-state index in [2.05, 4.69) is 37.7 Å². The summed E-state index contributed by atoms with van der Waals surface area (Å²) < 4.78 is 0. The number of hydrogen-bond donors (Lipinski definition) is 1. The van der Waals surface area contributed by atoms with E-state index in [9.17, 15) is 0 Å². The number of rotatable bonds is 4. The largest absolute Gasteiger partial charge is 0.368 e. The molecule has 64 valence electrons. The molecule has 0 heterocycles. The predicted octanol–water partition coefficient (Wildman–Crippen LogP) is 1.98.